The van der Waals surface area contributed by atoms with Crippen LogP contribution < -0.4 is 4.74 Å². The highest BCUT2D eigenvalue weighted by Gasteiger charge is 2.42. The van der Waals surface area contributed by atoms with Crippen molar-refractivity contribution in [3.8, 4) is 28.0 Å². The van der Waals surface area contributed by atoms with Crippen LogP contribution in [0.3, 0.4) is 0 Å². The lowest BCUT2D eigenvalue weighted by Crippen LogP contribution is -2.25. The molecule has 46 heavy (non-hydrogen) atoms. The molecule has 4 aromatic rings. The summed E-state index contributed by atoms with van der Waals surface area (Å²) in [4.78, 5) is 0. The molecule has 0 bridgehead atoms. The standard InChI is InChI=1S/C33H23F11O2/c1-2-3-15-4-5-28(45-14-15)16-6-20(34)29(21(35)7-16)17-8-24(38)31(25(39)9-17)33(43,44)46-19-12-22(36)30(23(37)13-19)18-10-26(40)32(42)27(41)11-18/h6-13,15,28H,2-5,14H2,1H3. The van der Waals surface area contributed by atoms with Crippen molar-refractivity contribution in [3.63, 3.8) is 0 Å². The molecule has 1 saturated heterocycles. The van der Waals surface area contributed by atoms with Gasteiger partial charge in [-0.25, -0.2) is 39.5 Å². The average Bonchev–Trinajstić information content (AvgIpc) is 2.95. The molecule has 2 nitrogen and oxygen atoms in total. The van der Waals surface area contributed by atoms with Crippen molar-refractivity contribution in [3.05, 3.63) is 112 Å². The third kappa shape index (κ3) is 6.55. The summed E-state index contributed by atoms with van der Waals surface area (Å²) < 4.78 is 170. The summed E-state index contributed by atoms with van der Waals surface area (Å²) in [5.74, 6) is -16.3. The van der Waals surface area contributed by atoms with Gasteiger partial charge in [0.1, 0.15) is 46.2 Å². The molecule has 1 aliphatic rings. The summed E-state index contributed by atoms with van der Waals surface area (Å²) in [5, 5.41) is 0. The van der Waals surface area contributed by atoms with Gasteiger partial charge in [-0.05, 0) is 78.3 Å². The molecule has 0 spiro atoms. The van der Waals surface area contributed by atoms with E-state index in [-0.39, 0.29) is 42.0 Å². The second-order valence-electron chi connectivity index (χ2n) is 10.9. The van der Waals surface area contributed by atoms with Crippen LogP contribution in [-0.2, 0) is 10.8 Å². The number of alkyl halides is 2. The monoisotopic (exact) mass is 660 g/mol. The fourth-order valence-corrected chi connectivity index (χ4v) is 5.54. The molecule has 0 aliphatic carbocycles. The van der Waals surface area contributed by atoms with Crippen LogP contribution in [-0.4, -0.2) is 6.61 Å². The van der Waals surface area contributed by atoms with E-state index in [0.29, 0.717) is 18.9 Å². The summed E-state index contributed by atoms with van der Waals surface area (Å²) in [7, 11) is 0. The summed E-state index contributed by atoms with van der Waals surface area (Å²) in [6, 6.07) is 3.15. The molecule has 1 fully saturated rings. The van der Waals surface area contributed by atoms with E-state index >= 15 is 8.78 Å². The van der Waals surface area contributed by atoms with E-state index in [2.05, 4.69) is 4.74 Å². The van der Waals surface area contributed by atoms with Crippen LogP contribution in [0.2, 0.25) is 0 Å². The first-order valence-electron chi connectivity index (χ1n) is 14.0. The van der Waals surface area contributed by atoms with Gasteiger partial charge >= 0.3 is 6.11 Å². The molecule has 1 aliphatic heterocycles. The predicted molar refractivity (Wildman–Crippen MR) is 144 cm³/mol. The van der Waals surface area contributed by atoms with Gasteiger partial charge in [-0.3, -0.25) is 0 Å². The molecule has 244 valence electrons. The van der Waals surface area contributed by atoms with Gasteiger partial charge in [-0.2, -0.15) is 8.78 Å². The first-order chi connectivity index (χ1) is 21.7. The topological polar surface area (TPSA) is 18.5 Å². The zero-order chi connectivity index (χ0) is 33.5. The van der Waals surface area contributed by atoms with E-state index < -0.39 is 98.1 Å². The number of hydrogen-bond acceptors (Lipinski definition) is 2. The molecule has 4 aromatic carbocycles. The molecule has 1 heterocycles. The Hall–Kier alpha value is -4.13. The van der Waals surface area contributed by atoms with Gasteiger partial charge in [0, 0.05) is 12.1 Å². The first-order valence-corrected chi connectivity index (χ1v) is 14.0. The molecular weight excluding hydrogens is 637 g/mol. The number of benzene rings is 4. The van der Waals surface area contributed by atoms with E-state index in [4.69, 9.17) is 4.74 Å². The predicted octanol–water partition coefficient (Wildman–Crippen LogP) is 10.7. The van der Waals surface area contributed by atoms with Crippen LogP contribution in [0.15, 0.2) is 48.5 Å². The second-order valence-corrected chi connectivity index (χ2v) is 10.9. The highest BCUT2D eigenvalue weighted by atomic mass is 19.3. The minimum absolute atomic E-state index is 0.141. The molecule has 2 atom stereocenters. The van der Waals surface area contributed by atoms with Crippen molar-refractivity contribution in [2.75, 3.05) is 6.61 Å². The Bertz CT molecular complexity index is 1690. The molecule has 0 aromatic heterocycles. The van der Waals surface area contributed by atoms with Crippen molar-refractivity contribution in [2.45, 2.75) is 44.8 Å². The summed E-state index contributed by atoms with van der Waals surface area (Å²) in [5.41, 5.74) is -5.50. The molecular formula is C33H23F11O2. The minimum atomic E-state index is -4.93. The van der Waals surface area contributed by atoms with Gasteiger partial charge in [-0.1, -0.05) is 13.3 Å². The van der Waals surface area contributed by atoms with E-state index in [1.165, 1.54) is 0 Å². The Morgan fingerprint density at radius 2 is 1.13 bits per heavy atom. The van der Waals surface area contributed by atoms with Crippen LogP contribution in [0.4, 0.5) is 48.3 Å². The van der Waals surface area contributed by atoms with Crippen molar-refractivity contribution in [1.82, 2.24) is 0 Å². The molecule has 2 unspecified atom stereocenters. The van der Waals surface area contributed by atoms with Gasteiger partial charge in [0.05, 0.1) is 23.8 Å². The molecule has 0 radical (unpaired) electrons. The Morgan fingerprint density at radius 3 is 1.59 bits per heavy atom. The smallest absolute Gasteiger partial charge is 0.429 e. The lowest BCUT2D eigenvalue weighted by Gasteiger charge is -2.29. The van der Waals surface area contributed by atoms with Crippen LogP contribution >= 0.6 is 0 Å². The quantitative estimate of drug-likeness (QED) is 0.138. The van der Waals surface area contributed by atoms with Crippen molar-refractivity contribution in [2.24, 2.45) is 5.92 Å². The maximum absolute atomic E-state index is 15.1. The van der Waals surface area contributed by atoms with E-state index in [9.17, 15) is 39.5 Å². The number of halogens is 11. The fraction of sp³-hybridized carbons (Fsp3) is 0.273. The summed E-state index contributed by atoms with van der Waals surface area (Å²) in [6.07, 6.45) is -2.38. The Balaban J connectivity index is 1.41. The number of ether oxygens (including phenoxy) is 2. The normalized spacial score (nSPS) is 17.0. The van der Waals surface area contributed by atoms with Crippen LogP contribution in [0.1, 0.15) is 49.8 Å². The molecule has 0 saturated carbocycles. The average molecular weight is 661 g/mol. The van der Waals surface area contributed by atoms with Crippen LogP contribution in [0.25, 0.3) is 22.3 Å². The summed E-state index contributed by atoms with van der Waals surface area (Å²) in [6.45, 7) is 2.42. The van der Waals surface area contributed by atoms with Gasteiger partial charge in [-0.15, -0.1) is 0 Å². The summed E-state index contributed by atoms with van der Waals surface area (Å²) >= 11 is 0. The zero-order valence-electron chi connectivity index (χ0n) is 23.8. The van der Waals surface area contributed by atoms with Crippen LogP contribution in [0.5, 0.6) is 5.75 Å². The third-order valence-electron chi connectivity index (χ3n) is 7.66. The Labute approximate surface area is 255 Å². The highest BCUT2D eigenvalue weighted by molar-refractivity contribution is 5.67. The maximum atomic E-state index is 15.1. The van der Waals surface area contributed by atoms with E-state index in [0.717, 1.165) is 31.4 Å². The number of hydrogen-bond donors (Lipinski definition) is 0. The highest BCUT2D eigenvalue weighted by Crippen LogP contribution is 2.41. The largest absolute Gasteiger partial charge is 0.432 e. The number of rotatable bonds is 8. The molecule has 5 rings (SSSR count). The van der Waals surface area contributed by atoms with Crippen LogP contribution in [0, 0.1) is 58.3 Å². The minimum Gasteiger partial charge on any atom is -0.429 e. The molecule has 0 N–H and O–H groups in total. The Morgan fingerprint density at radius 1 is 0.652 bits per heavy atom. The van der Waals surface area contributed by atoms with Crippen molar-refractivity contribution >= 4 is 0 Å². The van der Waals surface area contributed by atoms with E-state index in [1.54, 1.807) is 0 Å². The molecule has 13 heteroatoms. The zero-order valence-corrected chi connectivity index (χ0v) is 23.8. The second kappa shape index (κ2) is 12.9. The van der Waals surface area contributed by atoms with Gasteiger partial charge in [0.2, 0.25) is 0 Å². The SMILES string of the molecule is CCCC1CCC(c2cc(F)c(-c3cc(F)c(C(F)(F)Oc4cc(F)c(-c5cc(F)c(F)c(F)c5)c(F)c4)c(F)c3)c(F)c2)OC1. The van der Waals surface area contributed by atoms with Gasteiger partial charge in [0.25, 0.3) is 0 Å². The Kier molecular flexibility index (Phi) is 9.35. The lowest BCUT2D eigenvalue weighted by atomic mass is 9.91. The lowest BCUT2D eigenvalue weighted by molar-refractivity contribution is -0.189. The first kappa shape index (κ1) is 33.2. The molecule has 0 amide bonds. The fourth-order valence-electron chi connectivity index (χ4n) is 5.54. The maximum Gasteiger partial charge on any atom is 0.432 e. The van der Waals surface area contributed by atoms with E-state index in [1.807, 2.05) is 6.92 Å². The van der Waals surface area contributed by atoms with Crippen molar-refractivity contribution in [1.29, 1.82) is 0 Å². The third-order valence-corrected chi connectivity index (χ3v) is 7.66. The van der Waals surface area contributed by atoms with Gasteiger partial charge < -0.3 is 9.47 Å². The van der Waals surface area contributed by atoms with Gasteiger partial charge in [0.15, 0.2) is 17.5 Å². The van der Waals surface area contributed by atoms with Crippen molar-refractivity contribution < 1.29 is 57.8 Å².